The van der Waals surface area contributed by atoms with Crippen LogP contribution in [0.1, 0.15) is 11.1 Å². The molecule has 2 aromatic rings. The van der Waals surface area contributed by atoms with Crippen LogP contribution >= 0.6 is 46.4 Å². The molecule has 0 saturated carbocycles. The molecule has 0 saturated heterocycles. The molecule has 2 heterocycles. The summed E-state index contributed by atoms with van der Waals surface area (Å²) >= 11 is 24.0. The van der Waals surface area contributed by atoms with Crippen LogP contribution in [0.5, 0.6) is 0 Å². The highest BCUT2D eigenvalue weighted by Gasteiger charge is 2.21. The monoisotopic (exact) mass is 390 g/mol. The topological polar surface area (TPSA) is 59.4 Å². The maximum absolute atomic E-state index is 6.20. The largest absolute Gasteiger partial charge is 0.272 e. The predicted octanol–water partition coefficient (Wildman–Crippen LogP) is 3.98. The van der Waals surface area contributed by atoms with Gasteiger partial charge in [-0.1, -0.05) is 52.5 Å². The van der Waals surface area contributed by atoms with Gasteiger partial charge in [-0.3, -0.25) is 9.83 Å². The van der Waals surface area contributed by atoms with Crippen LogP contribution in [0.25, 0.3) is 0 Å². The maximum Gasteiger partial charge on any atom is 0.162 e. The summed E-state index contributed by atoms with van der Waals surface area (Å²) in [5.74, 6) is 0.452. The fraction of sp³-hybridized carbons (Fsp3) is 0.214. The minimum absolute atomic E-state index is 0.132. The van der Waals surface area contributed by atoms with E-state index in [0.717, 1.165) is 5.56 Å². The van der Waals surface area contributed by atoms with Crippen LogP contribution < -0.4 is 5.48 Å². The highest BCUT2D eigenvalue weighted by Crippen LogP contribution is 2.24. The fourth-order valence-electron chi connectivity index (χ4n) is 2.14. The number of halogens is 4. The SMILES string of the molecule is Clc1ccc(CC2CONC(c3cc(Cl)nnc3Cl)=N2)c(Cl)c1. The minimum atomic E-state index is -0.132. The van der Waals surface area contributed by atoms with Crippen LogP contribution in [0.2, 0.25) is 20.4 Å². The molecule has 1 unspecified atom stereocenters. The Labute approximate surface area is 152 Å². The summed E-state index contributed by atoms with van der Waals surface area (Å²) in [5.41, 5.74) is 4.19. The lowest BCUT2D eigenvalue weighted by Crippen LogP contribution is -2.37. The van der Waals surface area contributed by atoms with Crippen molar-refractivity contribution in [1.82, 2.24) is 15.7 Å². The van der Waals surface area contributed by atoms with Crippen molar-refractivity contribution < 1.29 is 4.84 Å². The Morgan fingerprint density at radius 1 is 1.13 bits per heavy atom. The quantitative estimate of drug-likeness (QED) is 0.859. The average molecular weight is 392 g/mol. The minimum Gasteiger partial charge on any atom is -0.272 e. The molecule has 1 atom stereocenters. The summed E-state index contributed by atoms with van der Waals surface area (Å²) in [5, 5.41) is 9.03. The predicted molar refractivity (Wildman–Crippen MR) is 91.6 cm³/mol. The van der Waals surface area contributed by atoms with Crippen molar-refractivity contribution in [3.05, 3.63) is 55.7 Å². The molecule has 0 bridgehead atoms. The summed E-state index contributed by atoms with van der Waals surface area (Å²) < 4.78 is 0. The number of hydrogen-bond acceptors (Lipinski definition) is 5. The molecule has 0 fully saturated rings. The second kappa shape index (κ2) is 7.20. The molecule has 120 valence electrons. The van der Waals surface area contributed by atoms with Gasteiger partial charge in [0.2, 0.25) is 0 Å². The van der Waals surface area contributed by atoms with E-state index in [2.05, 4.69) is 20.7 Å². The van der Waals surface area contributed by atoms with Crippen LogP contribution in [0.15, 0.2) is 29.3 Å². The number of nitrogens with zero attached hydrogens (tertiary/aromatic N) is 3. The highest BCUT2D eigenvalue weighted by atomic mass is 35.5. The first-order valence-corrected chi connectivity index (χ1v) is 8.13. The van der Waals surface area contributed by atoms with Gasteiger partial charge < -0.3 is 0 Å². The maximum atomic E-state index is 6.20. The van der Waals surface area contributed by atoms with Gasteiger partial charge in [0.1, 0.15) is 0 Å². The Hall–Kier alpha value is -1.11. The van der Waals surface area contributed by atoms with Gasteiger partial charge in [-0.2, -0.15) is 0 Å². The molecule has 1 N–H and O–H groups in total. The van der Waals surface area contributed by atoms with E-state index in [-0.39, 0.29) is 16.3 Å². The van der Waals surface area contributed by atoms with Crippen molar-refractivity contribution in [2.45, 2.75) is 12.5 Å². The third-order valence-electron chi connectivity index (χ3n) is 3.20. The third-order valence-corrected chi connectivity index (χ3v) is 4.25. The second-order valence-corrected chi connectivity index (χ2v) is 6.44. The lowest BCUT2D eigenvalue weighted by atomic mass is 10.1. The van der Waals surface area contributed by atoms with Gasteiger partial charge in [0.15, 0.2) is 16.1 Å². The third kappa shape index (κ3) is 4.05. The number of aromatic nitrogens is 2. The van der Waals surface area contributed by atoms with Gasteiger partial charge in [0, 0.05) is 10.0 Å². The molecule has 0 aliphatic carbocycles. The first kappa shape index (κ1) is 16.7. The first-order valence-electron chi connectivity index (χ1n) is 6.61. The van der Waals surface area contributed by atoms with Crippen molar-refractivity contribution in [1.29, 1.82) is 0 Å². The molecule has 1 aliphatic heterocycles. The number of amidine groups is 1. The summed E-state index contributed by atoms with van der Waals surface area (Å²) in [7, 11) is 0. The molecule has 1 aliphatic rings. The molecule has 5 nitrogen and oxygen atoms in total. The van der Waals surface area contributed by atoms with Gasteiger partial charge in [-0.25, -0.2) is 5.48 Å². The Morgan fingerprint density at radius 2 is 1.96 bits per heavy atom. The lowest BCUT2D eigenvalue weighted by Gasteiger charge is -2.22. The fourth-order valence-corrected chi connectivity index (χ4v) is 2.96. The van der Waals surface area contributed by atoms with E-state index in [1.54, 1.807) is 18.2 Å². The smallest absolute Gasteiger partial charge is 0.162 e. The molecule has 23 heavy (non-hydrogen) atoms. The zero-order valence-electron chi connectivity index (χ0n) is 11.6. The van der Waals surface area contributed by atoms with Crippen LogP contribution in [0.4, 0.5) is 0 Å². The molecule has 0 amide bonds. The Bertz CT molecular complexity index is 768. The molecule has 0 spiro atoms. The number of benzene rings is 1. The zero-order chi connectivity index (χ0) is 16.4. The average Bonchev–Trinajstić information content (AvgIpc) is 2.53. The van der Waals surface area contributed by atoms with E-state index < -0.39 is 0 Å². The van der Waals surface area contributed by atoms with E-state index >= 15 is 0 Å². The summed E-state index contributed by atoms with van der Waals surface area (Å²) in [4.78, 5) is 9.97. The van der Waals surface area contributed by atoms with Crippen LogP contribution in [0.3, 0.4) is 0 Å². The summed E-state index contributed by atoms with van der Waals surface area (Å²) in [6.45, 7) is 0.395. The van der Waals surface area contributed by atoms with Gasteiger partial charge in [0.05, 0.1) is 18.2 Å². The van der Waals surface area contributed by atoms with Gasteiger partial charge in [0.25, 0.3) is 0 Å². The van der Waals surface area contributed by atoms with Crippen molar-refractivity contribution in [2.24, 2.45) is 4.99 Å². The molecule has 1 aromatic heterocycles. The molecule has 0 radical (unpaired) electrons. The van der Waals surface area contributed by atoms with E-state index in [9.17, 15) is 0 Å². The van der Waals surface area contributed by atoms with E-state index in [1.807, 2.05) is 6.07 Å². The number of hydrogen-bond donors (Lipinski definition) is 1. The van der Waals surface area contributed by atoms with Crippen LogP contribution in [-0.4, -0.2) is 28.7 Å². The second-order valence-electron chi connectivity index (χ2n) is 4.86. The summed E-state index contributed by atoms with van der Waals surface area (Å²) in [6, 6.07) is 6.81. The lowest BCUT2D eigenvalue weighted by molar-refractivity contribution is 0.0624. The van der Waals surface area contributed by atoms with Gasteiger partial charge in [-0.15, -0.1) is 10.2 Å². The number of rotatable bonds is 3. The van der Waals surface area contributed by atoms with Crippen molar-refractivity contribution in [3.8, 4) is 0 Å². The highest BCUT2D eigenvalue weighted by molar-refractivity contribution is 6.35. The van der Waals surface area contributed by atoms with E-state index in [0.29, 0.717) is 34.5 Å². The molecule has 3 rings (SSSR count). The van der Waals surface area contributed by atoms with E-state index in [4.69, 9.17) is 51.2 Å². The normalized spacial score (nSPS) is 17.6. The van der Waals surface area contributed by atoms with Crippen molar-refractivity contribution in [3.63, 3.8) is 0 Å². The first-order chi connectivity index (χ1) is 11.0. The number of nitrogens with one attached hydrogen (secondary N) is 1. The zero-order valence-corrected chi connectivity index (χ0v) is 14.6. The molecular formula is C14H10Cl4N4O. The van der Waals surface area contributed by atoms with Gasteiger partial charge in [-0.05, 0) is 30.2 Å². The van der Waals surface area contributed by atoms with Crippen molar-refractivity contribution in [2.75, 3.05) is 6.61 Å². The van der Waals surface area contributed by atoms with Crippen LogP contribution in [-0.2, 0) is 11.3 Å². The van der Waals surface area contributed by atoms with Crippen LogP contribution in [0, 0.1) is 0 Å². The summed E-state index contributed by atoms with van der Waals surface area (Å²) in [6.07, 6.45) is 0.602. The standard InChI is InChI=1S/C14H10Cl4N4O/c15-8-2-1-7(11(16)4-8)3-9-6-23-22-14(19-9)10-5-12(17)20-21-13(10)18/h1-2,4-5,9H,3,6H2,(H,19,22). The van der Waals surface area contributed by atoms with Gasteiger partial charge >= 0.3 is 0 Å². The number of hydroxylamine groups is 1. The number of aliphatic imine (C=N–C) groups is 1. The Kier molecular flexibility index (Phi) is 5.24. The van der Waals surface area contributed by atoms with E-state index in [1.165, 1.54) is 0 Å². The molecule has 1 aromatic carbocycles. The van der Waals surface area contributed by atoms with Crippen molar-refractivity contribution >= 4 is 52.2 Å². The Morgan fingerprint density at radius 3 is 2.74 bits per heavy atom. The molecular weight excluding hydrogens is 382 g/mol. The molecule has 9 heteroatoms. The Balaban J connectivity index is 1.85.